The lowest BCUT2D eigenvalue weighted by molar-refractivity contribution is 0.413. The van der Waals surface area contributed by atoms with Gasteiger partial charge in [0, 0.05) is 22.5 Å². The van der Waals surface area contributed by atoms with Crippen molar-refractivity contribution < 1.29 is 4.74 Å². The smallest absolute Gasteiger partial charge is 0.259 e. The molecule has 0 radical (unpaired) electrons. The standard InChI is InChI=1S/C21H21N3O2/c1-4-16-13(2)22-21-23-18-11-10-15(26-3)12-17(18)19(24(21)20(16)25)14-8-6-5-7-9-14/h5-12,19H,4H2,1-3H3,(H,22,23). The zero-order valence-electron chi connectivity index (χ0n) is 15.1. The van der Waals surface area contributed by atoms with Crippen molar-refractivity contribution >= 4 is 11.6 Å². The lowest BCUT2D eigenvalue weighted by Crippen LogP contribution is -2.35. The van der Waals surface area contributed by atoms with Gasteiger partial charge in [-0.1, -0.05) is 37.3 Å². The molecule has 0 fully saturated rings. The molecular weight excluding hydrogens is 326 g/mol. The molecule has 132 valence electrons. The largest absolute Gasteiger partial charge is 0.497 e. The molecule has 3 aromatic rings. The maximum absolute atomic E-state index is 13.3. The van der Waals surface area contributed by atoms with Crippen molar-refractivity contribution in [3.63, 3.8) is 0 Å². The maximum Gasteiger partial charge on any atom is 0.259 e. The first kappa shape index (κ1) is 16.4. The fourth-order valence-electron chi connectivity index (χ4n) is 3.64. The van der Waals surface area contributed by atoms with Crippen molar-refractivity contribution in [3.8, 4) is 5.75 Å². The van der Waals surface area contributed by atoms with Crippen molar-refractivity contribution in [2.45, 2.75) is 26.3 Å². The number of hydrogen-bond acceptors (Lipinski definition) is 4. The number of methoxy groups -OCH3 is 1. The Morgan fingerprint density at radius 1 is 1.19 bits per heavy atom. The first-order valence-electron chi connectivity index (χ1n) is 8.76. The molecular formula is C21H21N3O2. The minimum atomic E-state index is -0.247. The fraction of sp³-hybridized carbons (Fsp3) is 0.238. The van der Waals surface area contributed by atoms with Gasteiger partial charge >= 0.3 is 0 Å². The summed E-state index contributed by atoms with van der Waals surface area (Å²) in [6, 6.07) is 15.7. The SMILES string of the molecule is CCc1c(C)nc2n(c1=O)C(c1ccccc1)c1cc(OC)ccc1N2. The molecule has 0 bridgehead atoms. The maximum atomic E-state index is 13.3. The van der Waals surface area contributed by atoms with E-state index in [4.69, 9.17) is 4.74 Å². The predicted molar refractivity (Wildman–Crippen MR) is 103 cm³/mol. The Kier molecular flexibility index (Phi) is 3.99. The van der Waals surface area contributed by atoms with Gasteiger partial charge in [0.15, 0.2) is 0 Å². The lowest BCUT2D eigenvalue weighted by Gasteiger charge is -2.31. The van der Waals surface area contributed by atoms with Crippen molar-refractivity contribution in [2.75, 3.05) is 12.4 Å². The molecule has 2 aromatic carbocycles. The third kappa shape index (κ3) is 2.47. The van der Waals surface area contributed by atoms with Crippen LogP contribution in [0.5, 0.6) is 5.75 Å². The molecule has 1 unspecified atom stereocenters. The van der Waals surface area contributed by atoms with Gasteiger partial charge in [0.1, 0.15) is 5.75 Å². The molecule has 0 saturated carbocycles. The molecule has 0 amide bonds. The molecule has 0 aliphatic carbocycles. The second-order valence-electron chi connectivity index (χ2n) is 6.42. The van der Waals surface area contributed by atoms with E-state index in [9.17, 15) is 4.79 Å². The van der Waals surface area contributed by atoms with Gasteiger partial charge in [0.05, 0.1) is 13.2 Å². The quantitative estimate of drug-likeness (QED) is 0.612. The normalized spacial score (nSPS) is 15.0. The van der Waals surface area contributed by atoms with Crippen molar-refractivity contribution in [1.82, 2.24) is 9.55 Å². The van der Waals surface area contributed by atoms with E-state index in [0.29, 0.717) is 12.4 Å². The number of ether oxygens (including phenoxy) is 1. The molecule has 2 heterocycles. The Morgan fingerprint density at radius 2 is 1.96 bits per heavy atom. The summed E-state index contributed by atoms with van der Waals surface area (Å²) in [7, 11) is 1.65. The van der Waals surface area contributed by atoms with Crippen LogP contribution in [-0.2, 0) is 6.42 Å². The third-order valence-corrected chi connectivity index (χ3v) is 4.94. The van der Waals surface area contributed by atoms with E-state index in [-0.39, 0.29) is 11.6 Å². The summed E-state index contributed by atoms with van der Waals surface area (Å²) in [5, 5.41) is 3.32. The predicted octanol–water partition coefficient (Wildman–Crippen LogP) is 3.82. The number of aryl methyl sites for hydroxylation is 1. The fourth-order valence-corrected chi connectivity index (χ4v) is 3.64. The van der Waals surface area contributed by atoms with E-state index in [1.807, 2.05) is 62.4 Å². The molecule has 0 spiro atoms. The van der Waals surface area contributed by atoms with Gasteiger partial charge < -0.3 is 10.1 Å². The molecule has 5 nitrogen and oxygen atoms in total. The van der Waals surface area contributed by atoms with Crippen LogP contribution in [0.1, 0.15) is 35.3 Å². The minimum absolute atomic E-state index is 0.00447. The Bertz CT molecular complexity index is 1030. The average Bonchev–Trinajstić information content (AvgIpc) is 2.67. The Morgan fingerprint density at radius 3 is 2.65 bits per heavy atom. The molecule has 26 heavy (non-hydrogen) atoms. The van der Waals surface area contributed by atoms with Crippen LogP contribution in [0.2, 0.25) is 0 Å². The zero-order valence-corrected chi connectivity index (χ0v) is 15.1. The van der Waals surface area contributed by atoms with Crippen LogP contribution in [0.15, 0.2) is 53.3 Å². The summed E-state index contributed by atoms with van der Waals surface area (Å²) in [5.41, 5.74) is 4.51. The van der Waals surface area contributed by atoms with Crippen molar-refractivity contribution in [2.24, 2.45) is 0 Å². The summed E-state index contributed by atoms with van der Waals surface area (Å²) in [6.45, 7) is 3.88. The topological polar surface area (TPSA) is 56.2 Å². The van der Waals surface area contributed by atoms with E-state index in [1.54, 1.807) is 11.7 Å². The lowest BCUT2D eigenvalue weighted by atomic mass is 9.94. The summed E-state index contributed by atoms with van der Waals surface area (Å²) < 4.78 is 7.18. The van der Waals surface area contributed by atoms with Crippen LogP contribution in [0.25, 0.3) is 0 Å². The van der Waals surface area contributed by atoms with Gasteiger partial charge in [-0.3, -0.25) is 9.36 Å². The van der Waals surface area contributed by atoms with Crippen molar-refractivity contribution in [1.29, 1.82) is 0 Å². The molecule has 4 rings (SSSR count). The number of hydrogen-bond donors (Lipinski definition) is 1. The van der Waals surface area contributed by atoms with E-state index in [0.717, 1.165) is 33.8 Å². The number of aromatic nitrogens is 2. The summed E-state index contributed by atoms with van der Waals surface area (Å²) in [6.07, 6.45) is 0.657. The third-order valence-electron chi connectivity index (χ3n) is 4.94. The molecule has 1 aromatic heterocycles. The van der Waals surface area contributed by atoms with Crippen LogP contribution in [-0.4, -0.2) is 16.7 Å². The number of anilines is 2. The number of fused-ring (bicyclic) bond motifs is 2. The highest BCUT2D eigenvalue weighted by Gasteiger charge is 2.30. The highest BCUT2D eigenvalue weighted by atomic mass is 16.5. The molecule has 0 saturated heterocycles. The van der Waals surface area contributed by atoms with Crippen LogP contribution >= 0.6 is 0 Å². The van der Waals surface area contributed by atoms with Gasteiger partial charge in [-0.15, -0.1) is 0 Å². The number of benzene rings is 2. The highest BCUT2D eigenvalue weighted by Crippen LogP contribution is 2.40. The van der Waals surface area contributed by atoms with Crippen LogP contribution < -0.4 is 15.6 Å². The summed E-state index contributed by atoms with van der Waals surface area (Å²) in [4.78, 5) is 17.9. The summed E-state index contributed by atoms with van der Waals surface area (Å²) in [5.74, 6) is 1.34. The number of nitrogens with zero attached hydrogens (tertiary/aromatic N) is 2. The molecule has 1 N–H and O–H groups in total. The van der Waals surface area contributed by atoms with E-state index < -0.39 is 0 Å². The monoisotopic (exact) mass is 347 g/mol. The van der Waals surface area contributed by atoms with Gasteiger partial charge in [-0.25, -0.2) is 4.98 Å². The number of nitrogens with one attached hydrogen (secondary N) is 1. The highest BCUT2D eigenvalue weighted by molar-refractivity contribution is 5.67. The van der Waals surface area contributed by atoms with Gasteiger partial charge in [-0.2, -0.15) is 0 Å². The average molecular weight is 347 g/mol. The minimum Gasteiger partial charge on any atom is -0.497 e. The molecule has 1 aliphatic rings. The van der Waals surface area contributed by atoms with Crippen molar-refractivity contribution in [3.05, 3.63) is 81.3 Å². The second kappa shape index (κ2) is 6.33. The van der Waals surface area contributed by atoms with E-state index >= 15 is 0 Å². The Balaban J connectivity index is 2.04. The zero-order chi connectivity index (χ0) is 18.3. The molecule has 1 aliphatic heterocycles. The summed E-state index contributed by atoms with van der Waals surface area (Å²) >= 11 is 0. The first-order chi connectivity index (χ1) is 12.6. The Hall–Kier alpha value is -3.08. The van der Waals surface area contributed by atoms with E-state index in [2.05, 4.69) is 10.3 Å². The van der Waals surface area contributed by atoms with Gasteiger partial charge in [0.2, 0.25) is 5.95 Å². The van der Waals surface area contributed by atoms with E-state index in [1.165, 1.54) is 0 Å². The second-order valence-corrected chi connectivity index (χ2v) is 6.42. The molecule has 5 heteroatoms. The van der Waals surface area contributed by atoms with Gasteiger partial charge in [-0.05, 0) is 37.1 Å². The molecule has 1 atom stereocenters. The first-order valence-corrected chi connectivity index (χ1v) is 8.76. The van der Waals surface area contributed by atoms with Crippen LogP contribution in [0.4, 0.5) is 11.6 Å². The Labute approximate surface area is 152 Å². The van der Waals surface area contributed by atoms with Gasteiger partial charge in [0.25, 0.3) is 5.56 Å². The number of rotatable bonds is 3. The van der Waals surface area contributed by atoms with Crippen LogP contribution in [0.3, 0.4) is 0 Å². The van der Waals surface area contributed by atoms with Crippen LogP contribution in [0, 0.1) is 6.92 Å².